The van der Waals surface area contributed by atoms with Crippen LogP contribution in [0.2, 0.25) is 5.02 Å². The van der Waals surface area contributed by atoms with Crippen LogP contribution in [-0.2, 0) is 0 Å². The number of benzene rings is 1. The van der Waals surface area contributed by atoms with Crippen molar-refractivity contribution in [3.63, 3.8) is 0 Å². The van der Waals surface area contributed by atoms with Crippen molar-refractivity contribution in [2.24, 2.45) is 5.73 Å². The van der Waals surface area contributed by atoms with Gasteiger partial charge < -0.3 is 16.0 Å². The molecule has 7 nitrogen and oxygen atoms in total. The van der Waals surface area contributed by atoms with E-state index in [1.54, 1.807) is 12.3 Å². The summed E-state index contributed by atoms with van der Waals surface area (Å²) in [4.78, 5) is 19.6. The molecule has 4 rings (SSSR count). The van der Waals surface area contributed by atoms with Crippen LogP contribution in [0.5, 0.6) is 0 Å². The lowest BCUT2D eigenvalue weighted by molar-refractivity contribution is 0.496. The second-order valence-corrected chi connectivity index (χ2v) is 6.61. The van der Waals surface area contributed by atoms with Gasteiger partial charge in [0.15, 0.2) is 5.82 Å². The predicted molar refractivity (Wildman–Crippen MR) is 99.2 cm³/mol. The predicted octanol–water partition coefficient (Wildman–Crippen LogP) is 2.88. The normalized spacial score (nSPS) is 15.4. The van der Waals surface area contributed by atoms with Crippen LogP contribution in [-0.4, -0.2) is 39.1 Å². The van der Waals surface area contributed by atoms with E-state index in [0.29, 0.717) is 28.5 Å². The molecule has 9 heteroatoms. The molecule has 1 aliphatic rings. The van der Waals surface area contributed by atoms with Gasteiger partial charge in [-0.15, -0.1) is 0 Å². The fourth-order valence-electron chi connectivity index (χ4n) is 2.90. The highest BCUT2D eigenvalue weighted by Crippen LogP contribution is 2.26. The van der Waals surface area contributed by atoms with E-state index in [1.165, 1.54) is 18.5 Å². The zero-order valence-electron chi connectivity index (χ0n) is 13.9. The van der Waals surface area contributed by atoms with E-state index in [0.717, 1.165) is 25.9 Å². The fraction of sp³-hybridized carbons (Fsp3) is 0.294. The van der Waals surface area contributed by atoms with Gasteiger partial charge >= 0.3 is 0 Å². The van der Waals surface area contributed by atoms with Gasteiger partial charge in [-0.05, 0) is 31.0 Å². The number of hydrogen-bond donors (Lipinski definition) is 2. The number of nitrogens with zero attached hydrogens (tertiary/aromatic N) is 5. The van der Waals surface area contributed by atoms with Crippen molar-refractivity contribution in [3.05, 3.63) is 41.6 Å². The average molecular weight is 374 g/mol. The molecule has 0 atom stereocenters. The monoisotopic (exact) mass is 373 g/mol. The lowest BCUT2D eigenvalue weighted by atomic mass is 10.1. The Morgan fingerprint density at radius 2 is 2.00 bits per heavy atom. The van der Waals surface area contributed by atoms with Gasteiger partial charge in [-0.3, -0.25) is 0 Å². The molecule has 0 saturated carbocycles. The molecule has 0 amide bonds. The molecule has 0 radical (unpaired) electrons. The first-order valence-electron chi connectivity index (χ1n) is 8.30. The van der Waals surface area contributed by atoms with E-state index >= 15 is 0 Å². The minimum Gasteiger partial charge on any atom is -0.341 e. The number of anilines is 3. The van der Waals surface area contributed by atoms with Crippen LogP contribution in [0.1, 0.15) is 12.8 Å². The molecule has 2 aromatic heterocycles. The van der Waals surface area contributed by atoms with Gasteiger partial charge in [0, 0.05) is 24.8 Å². The van der Waals surface area contributed by atoms with Gasteiger partial charge in [-0.25, -0.2) is 24.3 Å². The molecule has 0 aliphatic carbocycles. The summed E-state index contributed by atoms with van der Waals surface area (Å²) in [5.41, 5.74) is 7.78. The zero-order valence-corrected chi connectivity index (χ0v) is 14.6. The quantitative estimate of drug-likeness (QED) is 0.729. The maximum Gasteiger partial charge on any atom is 0.226 e. The van der Waals surface area contributed by atoms with E-state index in [9.17, 15) is 4.39 Å². The maximum absolute atomic E-state index is 13.4. The van der Waals surface area contributed by atoms with Crippen LogP contribution in [0.25, 0.3) is 11.0 Å². The zero-order chi connectivity index (χ0) is 18.1. The number of fused-ring (bicyclic) bond motifs is 1. The Morgan fingerprint density at radius 1 is 1.19 bits per heavy atom. The standard InChI is InChI=1S/C17H17ClFN7/c18-12-7-11(1-2-13(12)19)24-16-15-14(22-9-23-16)8-21-17(25-15)26-5-3-10(20)4-6-26/h1-2,7-10H,3-6,20H2,(H,22,23,24). The van der Waals surface area contributed by atoms with Crippen LogP contribution in [0.3, 0.4) is 0 Å². The van der Waals surface area contributed by atoms with Crippen molar-refractivity contribution in [1.29, 1.82) is 0 Å². The number of nitrogens with one attached hydrogen (secondary N) is 1. The third kappa shape index (κ3) is 3.38. The molecule has 1 saturated heterocycles. The molecule has 3 aromatic rings. The van der Waals surface area contributed by atoms with Crippen molar-refractivity contribution >= 4 is 40.1 Å². The van der Waals surface area contributed by atoms with Crippen LogP contribution in [0.15, 0.2) is 30.7 Å². The lowest BCUT2D eigenvalue weighted by Gasteiger charge is -2.30. The Hall–Kier alpha value is -2.58. The molecular formula is C17H17ClFN7. The molecule has 0 bridgehead atoms. The third-order valence-electron chi connectivity index (χ3n) is 4.37. The van der Waals surface area contributed by atoms with Gasteiger partial charge in [0.25, 0.3) is 0 Å². The second kappa shape index (κ2) is 6.97. The molecule has 134 valence electrons. The van der Waals surface area contributed by atoms with Crippen molar-refractivity contribution < 1.29 is 4.39 Å². The first-order chi connectivity index (χ1) is 12.6. The highest BCUT2D eigenvalue weighted by atomic mass is 35.5. The third-order valence-corrected chi connectivity index (χ3v) is 4.66. The highest BCUT2D eigenvalue weighted by molar-refractivity contribution is 6.31. The number of aromatic nitrogens is 4. The Morgan fingerprint density at radius 3 is 2.77 bits per heavy atom. The Labute approximate surface area is 154 Å². The molecule has 1 fully saturated rings. The number of rotatable bonds is 3. The van der Waals surface area contributed by atoms with Crippen molar-refractivity contribution in [1.82, 2.24) is 19.9 Å². The van der Waals surface area contributed by atoms with Gasteiger partial charge in [0.2, 0.25) is 5.95 Å². The van der Waals surface area contributed by atoms with Crippen LogP contribution in [0.4, 0.5) is 21.8 Å². The topological polar surface area (TPSA) is 92.9 Å². The second-order valence-electron chi connectivity index (χ2n) is 6.20. The van der Waals surface area contributed by atoms with E-state index in [1.807, 2.05) is 0 Å². The molecule has 3 heterocycles. The first kappa shape index (κ1) is 16.9. The van der Waals surface area contributed by atoms with Gasteiger partial charge in [-0.2, -0.15) is 0 Å². The fourth-order valence-corrected chi connectivity index (χ4v) is 3.08. The van der Waals surface area contributed by atoms with E-state index in [-0.39, 0.29) is 11.1 Å². The van der Waals surface area contributed by atoms with Crippen molar-refractivity contribution in [3.8, 4) is 0 Å². The number of piperidine rings is 1. The van der Waals surface area contributed by atoms with Gasteiger partial charge in [0.05, 0.1) is 11.2 Å². The number of halogens is 2. The van der Waals surface area contributed by atoms with Gasteiger partial charge in [-0.1, -0.05) is 11.6 Å². The molecule has 1 aliphatic heterocycles. The molecule has 3 N–H and O–H groups in total. The summed E-state index contributed by atoms with van der Waals surface area (Å²) in [5, 5.41) is 3.16. The molecule has 26 heavy (non-hydrogen) atoms. The van der Waals surface area contributed by atoms with Crippen LogP contribution in [0, 0.1) is 5.82 Å². The summed E-state index contributed by atoms with van der Waals surface area (Å²) in [6, 6.07) is 4.61. The van der Waals surface area contributed by atoms with E-state index in [4.69, 9.17) is 17.3 Å². The Kier molecular flexibility index (Phi) is 4.52. The van der Waals surface area contributed by atoms with E-state index < -0.39 is 5.82 Å². The smallest absolute Gasteiger partial charge is 0.226 e. The summed E-state index contributed by atoms with van der Waals surface area (Å²) in [6.07, 6.45) is 4.92. The van der Waals surface area contributed by atoms with E-state index in [2.05, 4.69) is 30.2 Å². The molecule has 0 unspecified atom stereocenters. The SMILES string of the molecule is NC1CCN(c2ncc3ncnc(Nc4ccc(F)c(Cl)c4)c3n2)CC1. The minimum atomic E-state index is -0.474. The largest absolute Gasteiger partial charge is 0.341 e. The molecule has 1 aromatic carbocycles. The minimum absolute atomic E-state index is 0.0355. The van der Waals surface area contributed by atoms with Crippen LogP contribution < -0.4 is 16.0 Å². The lowest BCUT2D eigenvalue weighted by Crippen LogP contribution is -2.40. The summed E-state index contributed by atoms with van der Waals surface area (Å²) in [7, 11) is 0. The Balaban J connectivity index is 1.68. The molecular weight excluding hydrogens is 357 g/mol. The summed E-state index contributed by atoms with van der Waals surface area (Å²) < 4.78 is 13.4. The van der Waals surface area contributed by atoms with Crippen LogP contribution >= 0.6 is 11.6 Å². The summed E-state index contributed by atoms with van der Waals surface area (Å²) in [5.74, 6) is 0.659. The Bertz CT molecular complexity index is 944. The van der Waals surface area contributed by atoms with Gasteiger partial charge in [0.1, 0.15) is 23.2 Å². The molecule has 0 spiro atoms. The number of nitrogens with two attached hydrogens (primary N) is 1. The highest BCUT2D eigenvalue weighted by Gasteiger charge is 2.19. The first-order valence-corrected chi connectivity index (χ1v) is 8.68. The summed E-state index contributed by atoms with van der Waals surface area (Å²) >= 11 is 5.85. The average Bonchev–Trinajstić information content (AvgIpc) is 2.65. The van der Waals surface area contributed by atoms with Crippen molar-refractivity contribution in [2.75, 3.05) is 23.3 Å². The maximum atomic E-state index is 13.4. The van der Waals surface area contributed by atoms with Crippen molar-refractivity contribution in [2.45, 2.75) is 18.9 Å². The number of hydrogen-bond acceptors (Lipinski definition) is 7. The summed E-state index contributed by atoms with van der Waals surface area (Å²) in [6.45, 7) is 1.63.